The summed E-state index contributed by atoms with van der Waals surface area (Å²) in [5, 5.41) is 12.3. The Morgan fingerprint density at radius 1 is 1.56 bits per heavy atom. The van der Waals surface area contributed by atoms with Gasteiger partial charge in [-0.1, -0.05) is 13.3 Å². The van der Waals surface area contributed by atoms with Crippen molar-refractivity contribution in [2.75, 3.05) is 0 Å². The highest BCUT2D eigenvalue weighted by Gasteiger charge is 2.22. The van der Waals surface area contributed by atoms with Crippen LogP contribution < -0.4 is 5.32 Å². The number of rotatable bonds is 4. The molecule has 0 saturated heterocycles. The van der Waals surface area contributed by atoms with Gasteiger partial charge in [0.05, 0.1) is 0 Å². The van der Waals surface area contributed by atoms with Crippen LogP contribution in [0, 0.1) is 5.92 Å². The van der Waals surface area contributed by atoms with Gasteiger partial charge in [-0.2, -0.15) is 0 Å². The predicted octanol–water partition coefficient (Wildman–Crippen LogP) is 2.72. The van der Waals surface area contributed by atoms with Crippen LogP contribution in [0.15, 0.2) is 12.1 Å². The first-order chi connectivity index (χ1) is 7.66. The lowest BCUT2D eigenvalue weighted by atomic mass is 10.1. The molecule has 1 aliphatic rings. The van der Waals surface area contributed by atoms with Gasteiger partial charge in [0, 0.05) is 17.5 Å². The van der Waals surface area contributed by atoms with Gasteiger partial charge in [0.15, 0.2) is 0 Å². The maximum absolute atomic E-state index is 10.7. The van der Waals surface area contributed by atoms with Gasteiger partial charge in [-0.05, 0) is 30.9 Å². The third kappa shape index (κ3) is 2.62. The lowest BCUT2D eigenvalue weighted by Gasteiger charge is -2.16. The van der Waals surface area contributed by atoms with Crippen molar-refractivity contribution >= 4 is 17.3 Å². The number of carboxylic acid groups (broad SMARTS) is 1. The van der Waals surface area contributed by atoms with Gasteiger partial charge in [-0.15, -0.1) is 11.3 Å². The van der Waals surface area contributed by atoms with Gasteiger partial charge in [-0.3, -0.25) is 0 Å². The third-order valence-electron chi connectivity index (χ3n) is 3.27. The van der Waals surface area contributed by atoms with Gasteiger partial charge in [0.1, 0.15) is 4.88 Å². The van der Waals surface area contributed by atoms with Crippen LogP contribution >= 0.6 is 11.3 Å². The lowest BCUT2D eigenvalue weighted by molar-refractivity contribution is 0.0702. The van der Waals surface area contributed by atoms with E-state index in [0.717, 1.165) is 17.3 Å². The van der Waals surface area contributed by atoms with Gasteiger partial charge in [0.25, 0.3) is 0 Å². The minimum absolute atomic E-state index is 0.427. The fourth-order valence-corrected chi connectivity index (χ4v) is 3.07. The molecule has 2 unspecified atom stereocenters. The molecule has 3 nitrogen and oxygen atoms in total. The first-order valence-corrected chi connectivity index (χ1v) is 6.54. The number of aromatic carboxylic acids is 1. The average Bonchev–Trinajstić information content (AvgIpc) is 2.83. The molecule has 2 atom stereocenters. The standard InChI is InChI=1S/C12H17NO2S/c1-8-3-2-4-10(8)13-7-9-5-6-11(16-9)12(14)15/h5-6,8,10,13H,2-4,7H2,1H3,(H,14,15). The maximum atomic E-state index is 10.7. The van der Waals surface area contributed by atoms with E-state index in [4.69, 9.17) is 5.11 Å². The largest absolute Gasteiger partial charge is 0.477 e. The lowest BCUT2D eigenvalue weighted by Crippen LogP contribution is -2.30. The van der Waals surface area contributed by atoms with E-state index < -0.39 is 5.97 Å². The Labute approximate surface area is 99.5 Å². The Morgan fingerprint density at radius 2 is 2.38 bits per heavy atom. The summed E-state index contributed by atoms with van der Waals surface area (Å²) in [6, 6.07) is 4.19. The molecule has 88 valence electrons. The Kier molecular flexibility index (Phi) is 3.61. The molecule has 0 spiro atoms. The predicted molar refractivity (Wildman–Crippen MR) is 64.9 cm³/mol. The highest BCUT2D eigenvalue weighted by atomic mass is 32.1. The molecule has 1 saturated carbocycles. The molecule has 0 aliphatic heterocycles. The van der Waals surface area contributed by atoms with Crippen LogP contribution in [0.3, 0.4) is 0 Å². The number of carbonyl (C=O) groups is 1. The van der Waals surface area contributed by atoms with E-state index in [0.29, 0.717) is 10.9 Å². The van der Waals surface area contributed by atoms with Crippen LogP contribution in [0.5, 0.6) is 0 Å². The molecule has 0 bridgehead atoms. The molecule has 0 radical (unpaired) electrons. The smallest absolute Gasteiger partial charge is 0.345 e. The number of thiophene rings is 1. The van der Waals surface area contributed by atoms with E-state index in [1.807, 2.05) is 6.07 Å². The van der Waals surface area contributed by atoms with Crippen molar-refractivity contribution in [2.45, 2.75) is 38.8 Å². The van der Waals surface area contributed by atoms with E-state index in [1.54, 1.807) is 6.07 Å². The Hall–Kier alpha value is -0.870. The summed E-state index contributed by atoms with van der Waals surface area (Å²) in [5.74, 6) is -0.0793. The van der Waals surface area contributed by atoms with Crippen LogP contribution in [0.25, 0.3) is 0 Å². The van der Waals surface area contributed by atoms with Gasteiger partial charge < -0.3 is 10.4 Å². The van der Waals surface area contributed by atoms with Crippen molar-refractivity contribution in [3.63, 3.8) is 0 Å². The van der Waals surface area contributed by atoms with Gasteiger partial charge in [-0.25, -0.2) is 4.79 Å². The van der Waals surface area contributed by atoms with Crippen molar-refractivity contribution in [1.82, 2.24) is 5.32 Å². The quantitative estimate of drug-likeness (QED) is 0.849. The molecule has 1 aromatic rings. The minimum atomic E-state index is -0.828. The zero-order valence-electron chi connectivity index (χ0n) is 9.40. The summed E-state index contributed by atoms with van der Waals surface area (Å²) in [7, 11) is 0. The monoisotopic (exact) mass is 239 g/mol. The summed E-state index contributed by atoms with van der Waals surface area (Å²) < 4.78 is 0. The Morgan fingerprint density at radius 3 is 2.94 bits per heavy atom. The molecule has 1 heterocycles. The van der Waals surface area contributed by atoms with Crippen molar-refractivity contribution in [3.05, 3.63) is 21.9 Å². The molecular formula is C12H17NO2S. The van der Waals surface area contributed by atoms with Crippen LogP contribution in [0.2, 0.25) is 0 Å². The van der Waals surface area contributed by atoms with Gasteiger partial charge >= 0.3 is 5.97 Å². The van der Waals surface area contributed by atoms with E-state index in [2.05, 4.69) is 12.2 Å². The van der Waals surface area contributed by atoms with E-state index in [9.17, 15) is 4.79 Å². The van der Waals surface area contributed by atoms with Crippen molar-refractivity contribution in [3.8, 4) is 0 Å². The maximum Gasteiger partial charge on any atom is 0.345 e. The second-order valence-corrected chi connectivity index (χ2v) is 5.64. The number of nitrogens with one attached hydrogen (secondary N) is 1. The van der Waals surface area contributed by atoms with Gasteiger partial charge in [0.2, 0.25) is 0 Å². The second-order valence-electron chi connectivity index (χ2n) is 4.47. The zero-order valence-corrected chi connectivity index (χ0v) is 10.2. The first kappa shape index (κ1) is 11.6. The average molecular weight is 239 g/mol. The summed E-state index contributed by atoms with van der Waals surface area (Å²) in [4.78, 5) is 12.3. The second kappa shape index (κ2) is 4.97. The molecule has 0 aromatic carbocycles. The molecule has 0 amide bonds. The molecule has 4 heteroatoms. The van der Waals surface area contributed by atoms with Crippen molar-refractivity contribution in [2.24, 2.45) is 5.92 Å². The fourth-order valence-electron chi connectivity index (χ4n) is 2.27. The van der Waals surface area contributed by atoms with Crippen LogP contribution in [-0.2, 0) is 6.54 Å². The zero-order chi connectivity index (χ0) is 11.5. The minimum Gasteiger partial charge on any atom is -0.477 e. The molecule has 16 heavy (non-hydrogen) atoms. The molecule has 2 N–H and O–H groups in total. The normalized spacial score (nSPS) is 24.8. The summed E-state index contributed by atoms with van der Waals surface area (Å²) in [6.07, 6.45) is 3.87. The van der Waals surface area contributed by atoms with Crippen molar-refractivity contribution in [1.29, 1.82) is 0 Å². The highest BCUT2D eigenvalue weighted by Crippen LogP contribution is 2.25. The SMILES string of the molecule is CC1CCCC1NCc1ccc(C(=O)O)s1. The number of hydrogen-bond acceptors (Lipinski definition) is 3. The van der Waals surface area contributed by atoms with E-state index >= 15 is 0 Å². The van der Waals surface area contributed by atoms with Crippen LogP contribution in [-0.4, -0.2) is 17.1 Å². The fraction of sp³-hybridized carbons (Fsp3) is 0.583. The van der Waals surface area contributed by atoms with E-state index in [1.165, 1.54) is 30.6 Å². The van der Waals surface area contributed by atoms with Crippen molar-refractivity contribution < 1.29 is 9.90 Å². The Bertz CT molecular complexity index is 375. The molecule has 2 rings (SSSR count). The Balaban J connectivity index is 1.87. The number of carboxylic acids is 1. The molecular weight excluding hydrogens is 222 g/mol. The third-order valence-corrected chi connectivity index (χ3v) is 4.35. The van der Waals surface area contributed by atoms with Crippen LogP contribution in [0.4, 0.5) is 0 Å². The summed E-state index contributed by atoms with van der Waals surface area (Å²) >= 11 is 1.36. The van der Waals surface area contributed by atoms with E-state index in [-0.39, 0.29) is 0 Å². The molecule has 1 fully saturated rings. The highest BCUT2D eigenvalue weighted by molar-refractivity contribution is 7.13. The summed E-state index contributed by atoms with van der Waals surface area (Å²) in [5.41, 5.74) is 0. The first-order valence-electron chi connectivity index (χ1n) is 5.72. The number of hydrogen-bond donors (Lipinski definition) is 2. The summed E-state index contributed by atoms with van der Waals surface area (Å²) in [6.45, 7) is 3.08. The molecule has 1 aliphatic carbocycles. The topological polar surface area (TPSA) is 49.3 Å². The van der Waals surface area contributed by atoms with Crippen LogP contribution in [0.1, 0.15) is 40.7 Å². The molecule has 1 aromatic heterocycles.